The van der Waals surface area contributed by atoms with E-state index in [0.29, 0.717) is 18.8 Å². The topological polar surface area (TPSA) is 79.4 Å². The average Bonchev–Trinajstić information content (AvgIpc) is 2.59. The van der Waals surface area contributed by atoms with E-state index in [1.54, 1.807) is 35.6 Å². The normalized spacial score (nSPS) is 15.3. The highest BCUT2D eigenvalue weighted by molar-refractivity contribution is 6.23. The first-order chi connectivity index (χ1) is 10.7. The van der Waals surface area contributed by atoms with Gasteiger partial charge in [-0.3, -0.25) is 19.4 Å². The molecule has 1 fully saturated rings. The molecule has 0 aromatic carbocycles. The number of pyridine rings is 1. The molecule has 1 N–H and O–H groups in total. The fourth-order valence-electron chi connectivity index (χ4n) is 2.34. The maximum absolute atomic E-state index is 12.7. The van der Waals surface area contributed by atoms with Gasteiger partial charge in [-0.1, -0.05) is 6.07 Å². The Kier molecular flexibility index (Phi) is 5.82. The largest absolute Gasteiger partial charge is 0.345 e. The Morgan fingerprint density at radius 3 is 2.68 bits per heavy atom. The van der Waals surface area contributed by atoms with Crippen LogP contribution in [-0.4, -0.2) is 47.6 Å². The van der Waals surface area contributed by atoms with Crippen molar-refractivity contribution in [3.63, 3.8) is 0 Å². The van der Waals surface area contributed by atoms with Gasteiger partial charge in [-0.05, 0) is 31.4 Å². The van der Waals surface area contributed by atoms with Crippen molar-refractivity contribution >= 4 is 23.7 Å². The molecule has 6 nitrogen and oxygen atoms in total. The van der Waals surface area contributed by atoms with Crippen molar-refractivity contribution in [2.24, 2.45) is 0 Å². The van der Waals surface area contributed by atoms with E-state index in [4.69, 9.17) is 0 Å². The molecule has 1 radical (unpaired) electrons. The van der Waals surface area contributed by atoms with E-state index in [2.05, 4.69) is 10.3 Å². The van der Waals surface area contributed by atoms with Gasteiger partial charge in [0.1, 0.15) is 0 Å². The van der Waals surface area contributed by atoms with Crippen LogP contribution in [0.15, 0.2) is 30.5 Å². The standard InChI is InChI=1S/C16H18N3O3/c20-11-8-18-15(21)12-13(14-6-2-3-7-17-14)16(22)19-9-4-1-5-10-19/h2-3,6-7,12H,1,4-5,8-10H2,(H,18,21). The second kappa shape index (κ2) is 8.07. The smallest absolute Gasteiger partial charge is 0.256 e. The van der Waals surface area contributed by atoms with Crippen molar-refractivity contribution < 1.29 is 14.4 Å². The Bertz CT molecular complexity index is 563. The van der Waals surface area contributed by atoms with E-state index in [0.717, 1.165) is 19.3 Å². The Labute approximate surface area is 129 Å². The highest BCUT2D eigenvalue weighted by atomic mass is 16.2. The van der Waals surface area contributed by atoms with E-state index < -0.39 is 5.91 Å². The lowest BCUT2D eigenvalue weighted by Gasteiger charge is -2.27. The zero-order chi connectivity index (χ0) is 15.8. The maximum Gasteiger partial charge on any atom is 0.256 e. The van der Waals surface area contributed by atoms with Crippen LogP contribution in [0.5, 0.6) is 0 Å². The summed E-state index contributed by atoms with van der Waals surface area (Å²) >= 11 is 0. The molecule has 0 saturated carbocycles. The van der Waals surface area contributed by atoms with Crippen LogP contribution in [0.4, 0.5) is 0 Å². The summed E-state index contributed by atoms with van der Waals surface area (Å²) in [5.41, 5.74) is 0.689. The van der Waals surface area contributed by atoms with Gasteiger partial charge in [-0.25, -0.2) is 0 Å². The number of carbonyl (C=O) groups excluding carboxylic acids is 3. The van der Waals surface area contributed by atoms with E-state index in [-0.39, 0.29) is 18.0 Å². The molecule has 0 unspecified atom stereocenters. The maximum atomic E-state index is 12.7. The third-order valence-corrected chi connectivity index (χ3v) is 3.42. The van der Waals surface area contributed by atoms with Crippen molar-refractivity contribution in [2.45, 2.75) is 19.3 Å². The molecule has 22 heavy (non-hydrogen) atoms. The van der Waals surface area contributed by atoms with Crippen LogP contribution in [0, 0.1) is 0 Å². The Morgan fingerprint density at radius 2 is 2.05 bits per heavy atom. The molecular formula is C16H18N3O3. The molecule has 1 aliphatic rings. The van der Waals surface area contributed by atoms with Crippen LogP contribution in [0.25, 0.3) is 5.57 Å². The molecule has 1 aromatic rings. The van der Waals surface area contributed by atoms with Crippen LogP contribution >= 0.6 is 0 Å². The number of carbonyl (C=O) groups is 2. The predicted octanol–water partition coefficient (Wildman–Crippen LogP) is 0.703. The first-order valence-electron chi connectivity index (χ1n) is 7.27. The summed E-state index contributed by atoms with van der Waals surface area (Å²) in [4.78, 5) is 40.6. The quantitative estimate of drug-likeness (QED) is 0.812. The molecule has 115 valence electrons. The molecule has 2 amide bonds. The number of nitrogens with one attached hydrogen (secondary N) is 1. The summed E-state index contributed by atoms with van der Waals surface area (Å²) in [5.74, 6) is -0.710. The summed E-state index contributed by atoms with van der Waals surface area (Å²) in [6.45, 7) is 1.17. The van der Waals surface area contributed by atoms with Gasteiger partial charge in [0.15, 0.2) is 0 Å². The fourth-order valence-corrected chi connectivity index (χ4v) is 2.34. The van der Waals surface area contributed by atoms with E-state index in [9.17, 15) is 14.4 Å². The summed E-state index contributed by atoms with van der Waals surface area (Å²) in [6.07, 6.45) is 7.40. The van der Waals surface area contributed by atoms with Crippen LogP contribution in [0.3, 0.4) is 0 Å². The van der Waals surface area contributed by atoms with Crippen molar-refractivity contribution in [3.8, 4) is 0 Å². The summed E-state index contributed by atoms with van der Waals surface area (Å²) in [5, 5.41) is 2.35. The van der Waals surface area contributed by atoms with Crippen molar-refractivity contribution in [1.29, 1.82) is 0 Å². The number of amides is 2. The SMILES string of the molecule is O=[C]CNC(=O)C=C(C(=O)N1CCCCC1)c1ccccn1. The molecule has 1 aromatic heterocycles. The number of likely N-dealkylation sites (tertiary alicyclic amines) is 1. The van der Waals surface area contributed by atoms with Gasteiger partial charge in [0.25, 0.3) is 5.91 Å². The molecular weight excluding hydrogens is 282 g/mol. The minimum Gasteiger partial charge on any atom is -0.345 e. The number of hydrogen-bond acceptors (Lipinski definition) is 4. The Balaban J connectivity index is 2.24. The van der Waals surface area contributed by atoms with Gasteiger partial charge in [-0.15, -0.1) is 0 Å². The van der Waals surface area contributed by atoms with Crippen LogP contribution < -0.4 is 5.32 Å². The van der Waals surface area contributed by atoms with Gasteiger partial charge in [-0.2, -0.15) is 0 Å². The zero-order valence-corrected chi connectivity index (χ0v) is 12.2. The third-order valence-electron chi connectivity index (χ3n) is 3.42. The lowest BCUT2D eigenvalue weighted by atomic mass is 10.1. The molecule has 0 spiro atoms. The first-order valence-corrected chi connectivity index (χ1v) is 7.27. The lowest BCUT2D eigenvalue weighted by molar-refractivity contribution is -0.126. The van der Waals surface area contributed by atoms with Gasteiger partial charge in [0.05, 0.1) is 17.8 Å². The predicted molar refractivity (Wildman–Crippen MR) is 81.3 cm³/mol. The number of piperidine rings is 1. The summed E-state index contributed by atoms with van der Waals surface area (Å²) in [6, 6.07) is 5.19. The van der Waals surface area contributed by atoms with Crippen molar-refractivity contribution in [3.05, 3.63) is 36.2 Å². The fraction of sp³-hybridized carbons (Fsp3) is 0.375. The number of nitrogens with zero attached hydrogens (tertiary/aromatic N) is 2. The minimum absolute atomic E-state index is 0.205. The summed E-state index contributed by atoms with van der Waals surface area (Å²) < 4.78 is 0. The van der Waals surface area contributed by atoms with E-state index in [1.807, 2.05) is 0 Å². The van der Waals surface area contributed by atoms with Gasteiger partial charge < -0.3 is 10.2 Å². The lowest BCUT2D eigenvalue weighted by Crippen LogP contribution is -2.36. The molecule has 0 aliphatic carbocycles. The molecule has 2 heterocycles. The Morgan fingerprint density at radius 1 is 1.27 bits per heavy atom. The van der Waals surface area contributed by atoms with Gasteiger partial charge in [0, 0.05) is 25.4 Å². The van der Waals surface area contributed by atoms with Gasteiger partial charge >= 0.3 is 0 Å². The van der Waals surface area contributed by atoms with Crippen molar-refractivity contribution in [2.75, 3.05) is 19.6 Å². The monoisotopic (exact) mass is 300 g/mol. The van der Waals surface area contributed by atoms with Crippen LogP contribution in [-0.2, 0) is 14.4 Å². The second-order valence-electron chi connectivity index (χ2n) is 4.99. The number of hydrogen-bond donors (Lipinski definition) is 1. The molecule has 0 atom stereocenters. The molecule has 1 aliphatic heterocycles. The summed E-state index contributed by atoms with van der Waals surface area (Å²) in [7, 11) is 0. The Hall–Kier alpha value is -2.50. The minimum atomic E-state index is -0.505. The second-order valence-corrected chi connectivity index (χ2v) is 4.99. The third kappa shape index (κ3) is 4.25. The van der Waals surface area contributed by atoms with E-state index >= 15 is 0 Å². The molecule has 0 bridgehead atoms. The number of aromatic nitrogens is 1. The highest BCUT2D eigenvalue weighted by Gasteiger charge is 2.23. The van der Waals surface area contributed by atoms with Crippen LogP contribution in [0.2, 0.25) is 0 Å². The van der Waals surface area contributed by atoms with Gasteiger partial charge in [0.2, 0.25) is 12.2 Å². The molecule has 2 rings (SSSR count). The van der Waals surface area contributed by atoms with Crippen molar-refractivity contribution in [1.82, 2.24) is 15.2 Å². The van der Waals surface area contributed by atoms with Crippen LogP contribution in [0.1, 0.15) is 25.0 Å². The average molecular weight is 300 g/mol. The number of rotatable bonds is 5. The zero-order valence-electron chi connectivity index (χ0n) is 12.2. The molecule has 1 saturated heterocycles. The first kappa shape index (κ1) is 15.9. The van der Waals surface area contributed by atoms with E-state index in [1.165, 1.54) is 6.08 Å². The highest BCUT2D eigenvalue weighted by Crippen LogP contribution is 2.18. The molecule has 6 heteroatoms.